The fourth-order valence-corrected chi connectivity index (χ4v) is 3.26. The van der Waals surface area contributed by atoms with Crippen LogP contribution in [0.2, 0.25) is 25.1 Å². The van der Waals surface area contributed by atoms with E-state index in [-0.39, 0.29) is 27.6 Å². The highest BCUT2D eigenvalue weighted by Gasteiger charge is 2.13. The summed E-state index contributed by atoms with van der Waals surface area (Å²) in [5, 5.41) is 4.62. The Morgan fingerprint density at radius 3 is 2.42 bits per heavy atom. The molecular formula is C16H8Cl5N3O2. The minimum absolute atomic E-state index is 0.176. The van der Waals surface area contributed by atoms with Crippen LogP contribution in [0.1, 0.15) is 0 Å². The van der Waals surface area contributed by atoms with Crippen LogP contribution in [0.3, 0.4) is 0 Å². The van der Waals surface area contributed by atoms with E-state index >= 15 is 0 Å². The Hall–Kier alpha value is -1.50. The van der Waals surface area contributed by atoms with Crippen LogP contribution in [0.5, 0.6) is 5.88 Å². The lowest BCUT2D eigenvalue weighted by Gasteiger charge is -2.11. The number of aromatic nitrogens is 2. The van der Waals surface area contributed by atoms with Gasteiger partial charge in [0.2, 0.25) is 5.88 Å². The Morgan fingerprint density at radius 1 is 0.923 bits per heavy atom. The summed E-state index contributed by atoms with van der Waals surface area (Å²) in [5.74, 6) is -0.292. The van der Waals surface area contributed by atoms with Crippen molar-refractivity contribution in [2.75, 3.05) is 11.9 Å². The van der Waals surface area contributed by atoms with Crippen molar-refractivity contribution < 1.29 is 9.53 Å². The molecule has 0 saturated heterocycles. The van der Waals surface area contributed by atoms with Gasteiger partial charge in [-0.1, -0.05) is 58.0 Å². The van der Waals surface area contributed by atoms with Crippen molar-refractivity contribution in [1.29, 1.82) is 0 Å². The lowest BCUT2D eigenvalue weighted by atomic mass is 10.2. The van der Waals surface area contributed by atoms with Gasteiger partial charge in [-0.2, -0.15) is 0 Å². The van der Waals surface area contributed by atoms with Crippen LogP contribution in [0, 0.1) is 0 Å². The van der Waals surface area contributed by atoms with Crippen LogP contribution in [-0.4, -0.2) is 22.5 Å². The molecule has 1 amide bonds. The number of carbonyl (C=O) groups is 1. The molecule has 0 aliphatic rings. The molecule has 0 fully saturated rings. The molecule has 1 N–H and O–H groups in total. The topological polar surface area (TPSA) is 64.1 Å². The number of carbonyl (C=O) groups excluding carboxylic acids is 1. The molecule has 26 heavy (non-hydrogen) atoms. The number of rotatable bonds is 4. The first-order chi connectivity index (χ1) is 12.3. The van der Waals surface area contributed by atoms with Crippen LogP contribution in [-0.2, 0) is 4.79 Å². The molecule has 134 valence electrons. The van der Waals surface area contributed by atoms with Crippen molar-refractivity contribution in [1.82, 2.24) is 9.97 Å². The van der Waals surface area contributed by atoms with Crippen LogP contribution < -0.4 is 10.1 Å². The van der Waals surface area contributed by atoms with Gasteiger partial charge in [0.05, 0.1) is 36.7 Å². The number of halogens is 5. The van der Waals surface area contributed by atoms with Gasteiger partial charge in [-0.15, -0.1) is 0 Å². The Kier molecular flexibility index (Phi) is 5.95. The normalized spacial score (nSPS) is 10.8. The summed E-state index contributed by atoms with van der Waals surface area (Å²) in [4.78, 5) is 20.2. The summed E-state index contributed by atoms with van der Waals surface area (Å²) in [6.45, 7) is -0.327. The van der Waals surface area contributed by atoms with Crippen molar-refractivity contribution in [3.05, 3.63) is 55.7 Å². The van der Waals surface area contributed by atoms with E-state index in [0.717, 1.165) is 0 Å². The van der Waals surface area contributed by atoms with E-state index in [1.54, 1.807) is 12.1 Å². The first-order valence-corrected chi connectivity index (χ1v) is 8.91. The summed E-state index contributed by atoms with van der Waals surface area (Å²) in [7, 11) is 0. The highest BCUT2D eigenvalue weighted by molar-refractivity contribution is 6.44. The maximum Gasteiger partial charge on any atom is 0.262 e. The first kappa shape index (κ1) is 19.3. The zero-order valence-corrected chi connectivity index (χ0v) is 16.5. The van der Waals surface area contributed by atoms with Gasteiger partial charge in [-0.05, 0) is 24.3 Å². The minimum atomic E-state index is -0.467. The molecule has 0 radical (unpaired) electrons. The fraction of sp³-hybridized carbons (Fsp3) is 0.0625. The van der Waals surface area contributed by atoms with Gasteiger partial charge in [0.1, 0.15) is 6.33 Å². The summed E-state index contributed by atoms with van der Waals surface area (Å²) in [6.07, 6.45) is 1.28. The number of anilines is 1. The van der Waals surface area contributed by atoms with Gasteiger partial charge in [0, 0.05) is 5.02 Å². The van der Waals surface area contributed by atoms with Gasteiger partial charge in [-0.3, -0.25) is 4.79 Å². The summed E-state index contributed by atoms with van der Waals surface area (Å²) >= 11 is 29.9. The first-order valence-electron chi connectivity index (χ1n) is 7.02. The van der Waals surface area contributed by atoms with E-state index in [9.17, 15) is 4.79 Å². The Labute approximate surface area is 173 Å². The van der Waals surface area contributed by atoms with E-state index in [2.05, 4.69) is 15.3 Å². The Balaban J connectivity index is 1.76. The molecule has 0 atom stereocenters. The molecule has 0 spiro atoms. The van der Waals surface area contributed by atoms with Gasteiger partial charge < -0.3 is 10.1 Å². The molecule has 3 aromatic rings. The predicted octanol–water partition coefficient (Wildman–Crippen LogP) is 5.91. The zero-order chi connectivity index (χ0) is 18.8. The van der Waals surface area contributed by atoms with Crippen LogP contribution in [0.4, 0.5) is 5.69 Å². The van der Waals surface area contributed by atoms with E-state index in [1.807, 2.05) is 0 Å². The largest absolute Gasteiger partial charge is 0.467 e. The van der Waals surface area contributed by atoms with Crippen molar-refractivity contribution in [3.63, 3.8) is 0 Å². The lowest BCUT2D eigenvalue weighted by Crippen LogP contribution is -2.20. The van der Waals surface area contributed by atoms with Gasteiger partial charge in [0.15, 0.2) is 6.61 Å². The second-order valence-electron chi connectivity index (χ2n) is 5.05. The van der Waals surface area contributed by atoms with E-state index in [4.69, 9.17) is 62.7 Å². The number of nitrogens with one attached hydrogen (secondary N) is 1. The number of amides is 1. The molecule has 1 aromatic heterocycles. The van der Waals surface area contributed by atoms with Crippen molar-refractivity contribution in [3.8, 4) is 5.88 Å². The highest BCUT2D eigenvalue weighted by atomic mass is 35.5. The van der Waals surface area contributed by atoms with E-state index < -0.39 is 5.91 Å². The zero-order valence-electron chi connectivity index (χ0n) is 12.7. The molecule has 0 saturated carbocycles. The third-order valence-electron chi connectivity index (χ3n) is 3.24. The molecule has 0 unspecified atom stereocenters. The van der Waals surface area contributed by atoms with Crippen molar-refractivity contribution in [2.24, 2.45) is 0 Å². The van der Waals surface area contributed by atoms with Gasteiger partial charge in [0.25, 0.3) is 5.91 Å². The lowest BCUT2D eigenvalue weighted by molar-refractivity contribution is -0.118. The van der Waals surface area contributed by atoms with Gasteiger partial charge in [-0.25, -0.2) is 9.97 Å². The minimum Gasteiger partial charge on any atom is -0.467 e. The van der Waals surface area contributed by atoms with E-state index in [1.165, 1.54) is 18.5 Å². The Bertz CT molecular complexity index is 1010. The van der Waals surface area contributed by atoms with Crippen LogP contribution in [0.25, 0.3) is 10.9 Å². The van der Waals surface area contributed by atoms with E-state index in [0.29, 0.717) is 26.6 Å². The number of hydrogen-bond donors (Lipinski definition) is 1. The molecule has 0 bridgehead atoms. The molecule has 5 nitrogen and oxygen atoms in total. The fourth-order valence-electron chi connectivity index (χ4n) is 2.12. The standard InChI is InChI=1S/C16H8Cl5N3O2/c17-7-1-8-15(12(21)2-7)22-6-23-16(8)26-5-14(25)24-13-4-10(19)9(18)3-11(13)20/h1-4,6H,5H2,(H,24,25). The van der Waals surface area contributed by atoms with Gasteiger partial charge >= 0.3 is 0 Å². The monoisotopic (exact) mass is 449 g/mol. The summed E-state index contributed by atoms with van der Waals surface area (Å²) in [5.41, 5.74) is 0.780. The summed E-state index contributed by atoms with van der Waals surface area (Å²) < 4.78 is 5.47. The maximum absolute atomic E-state index is 12.1. The SMILES string of the molecule is O=C(COc1ncnc2c(Cl)cc(Cl)cc12)Nc1cc(Cl)c(Cl)cc1Cl. The number of nitrogens with zero attached hydrogens (tertiary/aromatic N) is 2. The Morgan fingerprint density at radius 2 is 1.65 bits per heavy atom. The third kappa shape index (κ3) is 4.24. The number of fused-ring (bicyclic) bond motifs is 1. The smallest absolute Gasteiger partial charge is 0.262 e. The quantitative estimate of drug-likeness (QED) is 0.501. The molecule has 0 aliphatic carbocycles. The average Bonchev–Trinajstić information content (AvgIpc) is 2.58. The molecule has 0 aliphatic heterocycles. The predicted molar refractivity (Wildman–Crippen MR) is 105 cm³/mol. The number of hydrogen-bond acceptors (Lipinski definition) is 4. The van der Waals surface area contributed by atoms with Crippen molar-refractivity contribution >= 4 is 80.5 Å². The molecule has 1 heterocycles. The van der Waals surface area contributed by atoms with Crippen LogP contribution >= 0.6 is 58.0 Å². The van der Waals surface area contributed by atoms with Crippen molar-refractivity contribution in [2.45, 2.75) is 0 Å². The molecule has 2 aromatic carbocycles. The molecule has 3 rings (SSSR count). The second-order valence-corrected chi connectivity index (χ2v) is 7.11. The second kappa shape index (κ2) is 8.03. The third-order valence-corrected chi connectivity index (χ3v) is 4.79. The number of benzene rings is 2. The number of ether oxygens (including phenoxy) is 1. The molecular weight excluding hydrogens is 443 g/mol. The molecule has 10 heteroatoms. The maximum atomic E-state index is 12.1. The summed E-state index contributed by atoms with van der Waals surface area (Å²) in [6, 6.07) is 6.04. The highest BCUT2D eigenvalue weighted by Crippen LogP contribution is 2.33. The average molecular weight is 452 g/mol. The van der Waals surface area contributed by atoms with Crippen LogP contribution in [0.15, 0.2) is 30.6 Å².